The Hall–Kier alpha value is -2.10. The highest BCUT2D eigenvalue weighted by atomic mass is 19.1. The Kier molecular flexibility index (Phi) is 1.83. The van der Waals surface area contributed by atoms with Crippen LogP contribution in [0.15, 0.2) is 36.4 Å². The van der Waals surface area contributed by atoms with Gasteiger partial charge in [0.1, 0.15) is 11.6 Å². The van der Waals surface area contributed by atoms with E-state index in [9.17, 15) is 8.78 Å². The smallest absolute Gasteiger partial charge is 0.173 e. The van der Waals surface area contributed by atoms with Crippen molar-refractivity contribution in [3.05, 3.63) is 48.0 Å². The molecule has 0 fully saturated rings. The maximum Gasteiger partial charge on any atom is 0.173 e. The number of halogens is 2. The van der Waals surface area contributed by atoms with Gasteiger partial charge in [0.25, 0.3) is 0 Å². The molecule has 0 spiro atoms. The van der Waals surface area contributed by atoms with E-state index in [1.54, 1.807) is 0 Å². The van der Waals surface area contributed by atoms with E-state index in [1.807, 2.05) is 0 Å². The molecule has 0 radical (unpaired) electrons. The summed E-state index contributed by atoms with van der Waals surface area (Å²) in [4.78, 5) is 0. The van der Waals surface area contributed by atoms with Crippen LogP contribution in [-0.2, 0) is 0 Å². The molecule has 0 unspecified atom stereocenters. The molecule has 1 aliphatic rings. The van der Waals surface area contributed by atoms with Crippen molar-refractivity contribution >= 4 is 0 Å². The van der Waals surface area contributed by atoms with Crippen molar-refractivity contribution < 1.29 is 18.3 Å². The molecule has 0 aliphatic carbocycles. The third kappa shape index (κ3) is 1.39. The van der Waals surface area contributed by atoms with Crippen LogP contribution in [0.25, 0.3) is 0 Å². The Morgan fingerprint density at radius 3 is 1.50 bits per heavy atom. The lowest BCUT2D eigenvalue weighted by molar-refractivity contribution is 0.354. The second kappa shape index (κ2) is 3.20. The summed E-state index contributed by atoms with van der Waals surface area (Å²) in [6.45, 7) is 0. The minimum absolute atomic E-state index is 0.291. The number of hydrogen-bond donors (Lipinski definition) is 0. The SMILES string of the molecule is Fc1ccc2c(c1)Oc1ccc(F)cc1O2. The van der Waals surface area contributed by atoms with Gasteiger partial charge >= 0.3 is 0 Å². The van der Waals surface area contributed by atoms with Gasteiger partial charge in [-0.1, -0.05) is 0 Å². The first-order chi connectivity index (χ1) is 7.72. The maximum atomic E-state index is 12.9. The van der Waals surface area contributed by atoms with E-state index < -0.39 is 11.6 Å². The molecule has 0 N–H and O–H groups in total. The lowest BCUT2D eigenvalue weighted by Crippen LogP contribution is -1.99. The minimum Gasteiger partial charge on any atom is -0.449 e. The van der Waals surface area contributed by atoms with Crippen molar-refractivity contribution in [2.45, 2.75) is 0 Å². The Morgan fingerprint density at radius 2 is 1.06 bits per heavy atom. The quantitative estimate of drug-likeness (QED) is 0.572. The summed E-state index contributed by atoms with van der Waals surface area (Å²) >= 11 is 0. The first kappa shape index (κ1) is 9.15. The van der Waals surface area contributed by atoms with E-state index in [0.717, 1.165) is 0 Å². The predicted octanol–water partition coefficient (Wildman–Crippen LogP) is 3.86. The van der Waals surface area contributed by atoms with Gasteiger partial charge in [-0.25, -0.2) is 8.78 Å². The third-order valence-corrected chi connectivity index (χ3v) is 2.25. The van der Waals surface area contributed by atoms with Crippen LogP contribution in [0.1, 0.15) is 0 Å². The van der Waals surface area contributed by atoms with E-state index in [4.69, 9.17) is 9.47 Å². The Labute approximate surface area is 90.0 Å². The molecule has 1 heterocycles. The van der Waals surface area contributed by atoms with Crippen LogP contribution >= 0.6 is 0 Å². The predicted molar refractivity (Wildman–Crippen MR) is 52.9 cm³/mol. The van der Waals surface area contributed by atoms with Crippen LogP contribution in [0, 0.1) is 11.6 Å². The Bertz CT molecular complexity index is 515. The fourth-order valence-electron chi connectivity index (χ4n) is 1.53. The molecule has 0 aromatic heterocycles. The highest BCUT2D eigenvalue weighted by molar-refractivity contribution is 5.54. The van der Waals surface area contributed by atoms with Gasteiger partial charge in [-0.05, 0) is 24.3 Å². The zero-order valence-corrected chi connectivity index (χ0v) is 8.04. The largest absolute Gasteiger partial charge is 0.449 e. The summed E-state index contributed by atoms with van der Waals surface area (Å²) in [7, 11) is 0. The highest BCUT2D eigenvalue weighted by Crippen LogP contribution is 2.45. The summed E-state index contributed by atoms with van der Waals surface area (Å²) in [5.74, 6) is 0.512. The number of rotatable bonds is 0. The fraction of sp³-hybridized carbons (Fsp3) is 0. The molecular weight excluding hydrogens is 214 g/mol. The monoisotopic (exact) mass is 220 g/mol. The molecule has 2 aromatic carbocycles. The zero-order chi connectivity index (χ0) is 11.1. The summed E-state index contributed by atoms with van der Waals surface area (Å²) in [5.41, 5.74) is 0. The van der Waals surface area contributed by atoms with Gasteiger partial charge in [0.05, 0.1) is 0 Å². The Morgan fingerprint density at radius 1 is 0.625 bits per heavy atom. The first-order valence-electron chi connectivity index (χ1n) is 4.67. The number of hydrogen-bond acceptors (Lipinski definition) is 2. The molecule has 4 heteroatoms. The molecule has 0 saturated heterocycles. The number of fused-ring (bicyclic) bond motifs is 2. The highest BCUT2D eigenvalue weighted by Gasteiger charge is 2.19. The van der Waals surface area contributed by atoms with E-state index in [1.165, 1.54) is 36.4 Å². The molecule has 3 rings (SSSR count). The van der Waals surface area contributed by atoms with Gasteiger partial charge < -0.3 is 9.47 Å². The molecule has 2 nitrogen and oxygen atoms in total. The number of ether oxygens (including phenoxy) is 2. The minimum atomic E-state index is -0.409. The standard InChI is InChI=1S/C12H6F2O2/c13-7-1-3-9-11(5-7)16-10-4-2-8(14)6-12(10)15-9/h1-6H. The van der Waals surface area contributed by atoms with Crippen LogP contribution in [0.3, 0.4) is 0 Å². The molecule has 0 bridgehead atoms. The topological polar surface area (TPSA) is 18.5 Å². The van der Waals surface area contributed by atoms with E-state index in [2.05, 4.69) is 0 Å². The van der Waals surface area contributed by atoms with Crippen molar-refractivity contribution in [3.8, 4) is 23.0 Å². The average molecular weight is 220 g/mol. The maximum absolute atomic E-state index is 12.9. The van der Waals surface area contributed by atoms with Gasteiger partial charge in [-0.15, -0.1) is 0 Å². The molecule has 0 saturated carbocycles. The number of benzene rings is 2. The van der Waals surface area contributed by atoms with Gasteiger partial charge in [0.15, 0.2) is 23.0 Å². The fourth-order valence-corrected chi connectivity index (χ4v) is 1.53. The Balaban J connectivity index is 2.09. The average Bonchev–Trinajstić information content (AvgIpc) is 2.26. The second-order valence-corrected chi connectivity index (χ2v) is 3.39. The van der Waals surface area contributed by atoms with Crippen LogP contribution in [0.5, 0.6) is 23.0 Å². The lowest BCUT2D eigenvalue weighted by atomic mass is 10.2. The summed E-state index contributed by atoms with van der Waals surface area (Å²) in [5, 5.41) is 0. The summed E-state index contributed by atoms with van der Waals surface area (Å²) in [6.07, 6.45) is 0. The van der Waals surface area contributed by atoms with Crippen LogP contribution < -0.4 is 9.47 Å². The van der Waals surface area contributed by atoms with Crippen LogP contribution in [0.4, 0.5) is 8.78 Å². The molecule has 2 aromatic rings. The van der Waals surface area contributed by atoms with Crippen molar-refractivity contribution in [3.63, 3.8) is 0 Å². The van der Waals surface area contributed by atoms with Gasteiger partial charge in [-0.2, -0.15) is 0 Å². The molecule has 16 heavy (non-hydrogen) atoms. The zero-order valence-electron chi connectivity index (χ0n) is 8.04. The van der Waals surface area contributed by atoms with Crippen molar-refractivity contribution in [1.29, 1.82) is 0 Å². The molecule has 0 atom stereocenters. The molecule has 80 valence electrons. The normalized spacial score (nSPS) is 12.1. The first-order valence-corrected chi connectivity index (χ1v) is 4.67. The molecule has 0 amide bonds. The third-order valence-electron chi connectivity index (χ3n) is 2.25. The van der Waals surface area contributed by atoms with Gasteiger partial charge in [0.2, 0.25) is 0 Å². The van der Waals surface area contributed by atoms with Gasteiger partial charge in [-0.3, -0.25) is 0 Å². The lowest BCUT2D eigenvalue weighted by Gasteiger charge is -2.20. The van der Waals surface area contributed by atoms with Gasteiger partial charge in [0, 0.05) is 12.1 Å². The van der Waals surface area contributed by atoms with Crippen molar-refractivity contribution in [2.75, 3.05) is 0 Å². The summed E-state index contributed by atoms with van der Waals surface area (Å²) in [6, 6.07) is 7.85. The second-order valence-electron chi connectivity index (χ2n) is 3.39. The van der Waals surface area contributed by atoms with E-state index >= 15 is 0 Å². The van der Waals surface area contributed by atoms with Crippen LogP contribution in [0.2, 0.25) is 0 Å². The van der Waals surface area contributed by atoms with E-state index in [-0.39, 0.29) is 0 Å². The van der Waals surface area contributed by atoms with Crippen molar-refractivity contribution in [1.82, 2.24) is 0 Å². The van der Waals surface area contributed by atoms with E-state index in [0.29, 0.717) is 23.0 Å². The summed E-state index contributed by atoms with van der Waals surface area (Å²) < 4.78 is 36.6. The molecule has 1 aliphatic heterocycles. The van der Waals surface area contributed by atoms with Crippen molar-refractivity contribution in [2.24, 2.45) is 0 Å². The molecular formula is C12H6F2O2. The van der Waals surface area contributed by atoms with Crippen LogP contribution in [-0.4, -0.2) is 0 Å².